The average molecular weight is 274 g/mol. The number of benzene rings is 1. The van der Waals surface area contributed by atoms with Crippen LogP contribution in [0, 0.1) is 5.92 Å². The number of rotatable bonds is 4. The zero-order valence-corrected chi connectivity index (χ0v) is 12.2. The van der Waals surface area contributed by atoms with Gasteiger partial charge < -0.3 is 4.74 Å². The van der Waals surface area contributed by atoms with Crippen molar-refractivity contribution in [2.75, 3.05) is 26.3 Å². The van der Waals surface area contributed by atoms with Gasteiger partial charge in [-0.15, -0.1) is 0 Å². The van der Waals surface area contributed by atoms with Crippen molar-refractivity contribution in [1.82, 2.24) is 19.9 Å². The Hall–Kier alpha value is -1.46. The molecule has 0 radical (unpaired) electrons. The van der Waals surface area contributed by atoms with Crippen molar-refractivity contribution >= 4 is 11.0 Å². The Bertz CT molecular complexity index is 527. The smallest absolute Gasteiger partial charge is 0.124 e. The maximum atomic E-state index is 5.46. The molecule has 5 heteroatoms. The number of hydrogen-bond donors (Lipinski definition) is 0. The van der Waals surface area contributed by atoms with Gasteiger partial charge in [-0.1, -0.05) is 26.0 Å². The highest BCUT2D eigenvalue weighted by molar-refractivity contribution is 5.72. The number of morpholine rings is 1. The van der Waals surface area contributed by atoms with Crippen LogP contribution < -0.4 is 0 Å². The molecule has 1 aliphatic rings. The third-order valence-electron chi connectivity index (χ3n) is 3.72. The molecular formula is C15H22N4O. The zero-order chi connectivity index (χ0) is 13.9. The molecule has 1 fully saturated rings. The first kappa shape index (κ1) is 13.5. The average Bonchev–Trinajstić information content (AvgIpc) is 2.89. The monoisotopic (exact) mass is 274 g/mol. The topological polar surface area (TPSA) is 43.2 Å². The number of hydrogen-bond acceptors (Lipinski definition) is 4. The zero-order valence-electron chi connectivity index (χ0n) is 12.2. The van der Waals surface area contributed by atoms with E-state index in [0.717, 1.165) is 43.8 Å². The van der Waals surface area contributed by atoms with Gasteiger partial charge >= 0.3 is 0 Å². The minimum atomic E-state index is 0.228. The van der Waals surface area contributed by atoms with E-state index in [2.05, 4.69) is 28.9 Å². The third-order valence-corrected chi connectivity index (χ3v) is 3.72. The van der Waals surface area contributed by atoms with Gasteiger partial charge in [0.25, 0.3) is 0 Å². The second-order valence-electron chi connectivity index (χ2n) is 5.77. The molecule has 0 saturated carbocycles. The molecule has 0 spiro atoms. The van der Waals surface area contributed by atoms with Crippen molar-refractivity contribution in [2.45, 2.75) is 26.4 Å². The van der Waals surface area contributed by atoms with Crippen LogP contribution in [0.2, 0.25) is 0 Å². The molecule has 0 N–H and O–H groups in total. The molecule has 20 heavy (non-hydrogen) atoms. The van der Waals surface area contributed by atoms with Crippen molar-refractivity contribution < 1.29 is 4.74 Å². The molecule has 2 aromatic rings. The van der Waals surface area contributed by atoms with Gasteiger partial charge in [0, 0.05) is 13.1 Å². The predicted octanol–water partition coefficient (Wildman–Crippen LogP) is 2.31. The van der Waals surface area contributed by atoms with E-state index in [1.165, 1.54) is 0 Å². The van der Waals surface area contributed by atoms with Gasteiger partial charge in [-0.25, -0.2) is 0 Å². The van der Waals surface area contributed by atoms with Crippen LogP contribution in [0.3, 0.4) is 0 Å². The third kappa shape index (κ3) is 2.83. The van der Waals surface area contributed by atoms with Gasteiger partial charge in [-0.3, -0.25) is 4.90 Å². The summed E-state index contributed by atoms with van der Waals surface area (Å²) in [6, 6.07) is 8.05. The normalized spacial score (nSPS) is 18.8. The Morgan fingerprint density at radius 2 is 1.70 bits per heavy atom. The summed E-state index contributed by atoms with van der Waals surface area (Å²) in [6.45, 7) is 8.00. The molecule has 3 rings (SSSR count). The van der Waals surface area contributed by atoms with E-state index in [1.807, 2.05) is 29.1 Å². The van der Waals surface area contributed by atoms with Crippen molar-refractivity contribution in [3.8, 4) is 0 Å². The van der Waals surface area contributed by atoms with E-state index in [1.54, 1.807) is 0 Å². The Labute approximate surface area is 119 Å². The Morgan fingerprint density at radius 3 is 2.25 bits per heavy atom. The lowest BCUT2D eigenvalue weighted by atomic mass is 10.1. The lowest BCUT2D eigenvalue weighted by molar-refractivity contribution is -0.0153. The van der Waals surface area contributed by atoms with Crippen LogP contribution in [0.15, 0.2) is 24.3 Å². The highest BCUT2D eigenvalue weighted by Gasteiger charge is 2.25. The molecule has 0 aliphatic carbocycles. The fraction of sp³-hybridized carbons (Fsp3) is 0.600. The van der Waals surface area contributed by atoms with E-state index in [-0.39, 0.29) is 6.17 Å². The van der Waals surface area contributed by atoms with Gasteiger partial charge in [0.15, 0.2) is 0 Å². The highest BCUT2D eigenvalue weighted by atomic mass is 16.5. The first-order chi connectivity index (χ1) is 9.74. The summed E-state index contributed by atoms with van der Waals surface area (Å²) in [6.07, 6.45) is 1.28. The van der Waals surface area contributed by atoms with E-state index in [4.69, 9.17) is 4.74 Å². The summed E-state index contributed by atoms with van der Waals surface area (Å²) in [7, 11) is 0. The van der Waals surface area contributed by atoms with Crippen molar-refractivity contribution in [2.24, 2.45) is 5.92 Å². The highest BCUT2D eigenvalue weighted by Crippen LogP contribution is 2.23. The Morgan fingerprint density at radius 1 is 1.10 bits per heavy atom. The predicted molar refractivity (Wildman–Crippen MR) is 78.4 cm³/mol. The van der Waals surface area contributed by atoms with Crippen LogP contribution >= 0.6 is 0 Å². The fourth-order valence-corrected chi connectivity index (χ4v) is 2.70. The number of nitrogens with zero attached hydrogens (tertiary/aromatic N) is 4. The maximum Gasteiger partial charge on any atom is 0.124 e. The summed E-state index contributed by atoms with van der Waals surface area (Å²) in [5.41, 5.74) is 1.93. The largest absolute Gasteiger partial charge is 0.379 e. The van der Waals surface area contributed by atoms with Gasteiger partial charge in [0.1, 0.15) is 17.2 Å². The SMILES string of the molecule is CC(C)CC(N1CCOCC1)n1nc2ccccc2n1. The van der Waals surface area contributed by atoms with Crippen LogP contribution in [0.25, 0.3) is 11.0 Å². The first-order valence-electron chi connectivity index (χ1n) is 7.37. The van der Waals surface area contributed by atoms with Gasteiger partial charge in [-0.2, -0.15) is 15.0 Å². The van der Waals surface area contributed by atoms with Crippen LogP contribution in [0.1, 0.15) is 26.4 Å². The Kier molecular flexibility index (Phi) is 3.98. The minimum absolute atomic E-state index is 0.228. The molecule has 1 aromatic carbocycles. The molecule has 0 bridgehead atoms. The lowest BCUT2D eigenvalue weighted by Gasteiger charge is -2.34. The van der Waals surface area contributed by atoms with Crippen molar-refractivity contribution in [1.29, 1.82) is 0 Å². The lowest BCUT2D eigenvalue weighted by Crippen LogP contribution is -2.42. The molecule has 1 unspecified atom stereocenters. The summed E-state index contributed by atoms with van der Waals surface area (Å²) >= 11 is 0. The van der Waals surface area contributed by atoms with Gasteiger partial charge in [0.2, 0.25) is 0 Å². The van der Waals surface area contributed by atoms with Gasteiger partial charge in [-0.05, 0) is 24.5 Å². The molecule has 1 aliphatic heterocycles. The second kappa shape index (κ2) is 5.89. The number of fused-ring (bicyclic) bond motifs is 1. The molecule has 2 heterocycles. The van der Waals surface area contributed by atoms with Crippen LogP contribution in [0.5, 0.6) is 0 Å². The molecule has 1 saturated heterocycles. The van der Waals surface area contributed by atoms with E-state index in [9.17, 15) is 0 Å². The molecule has 1 aromatic heterocycles. The standard InChI is InChI=1S/C15H22N4O/c1-12(2)11-15(18-7-9-20-10-8-18)19-16-13-5-3-4-6-14(13)17-19/h3-6,12,15H,7-11H2,1-2H3. The molecule has 108 valence electrons. The molecule has 1 atom stereocenters. The van der Waals surface area contributed by atoms with Crippen molar-refractivity contribution in [3.05, 3.63) is 24.3 Å². The molecule has 5 nitrogen and oxygen atoms in total. The number of ether oxygens (including phenoxy) is 1. The summed E-state index contributed by atoms with van der Waals surface area (Å²) in [4.78, 5) is 4.33. The Balaban J connectivity index is 1.90. The fourth-order valence-electron chi connectivity index (χ4n) is 2.70. The van der Waals surface area contributed by atoms with Crippen molar-refractivity contribution in [3.63, 3.8) is 0 Å². The summed E-state index contributed by atoms with van der Waals surface area (Å²) < 4.78 is 5.46. The van der Waals surface area contributed by atoms with E-state index < -0.39 is 0 Å². The molecular weight excluding hydrogens is 252 g/mol. The van der Waals surface area contributed by atoms with Crippen LogP contribution in [-0.2, 0) is 4.74 Å². The number of aromatic nitrogens is 3. The quantitative estimate of drug-likeness (QED) is 0.858. The summed E-state index contributed by atoms with van der Waals surface area (Å²) in [5.74, 6) is 0.608. The first-order valence-corrected chi connectivity index (χ1v) is 7.37. The van der Waals surface area contributed by atoms with Crippen LogP contribution in [0.4, 0.5) is 0 Å². The van der Waals surface area contributed by atoms with E-state index >= 15 is 0 Å². The van der Waals surface area contributed by atoms with Gasteiger partial charge in [0.05, 0.1) is 13.2 Å². The van der Waals surface area contributed by atoms with Crippen LogP contribution in [-0.4, -0.2) is 46.2 Å². The second-order valence-corrected chi connectivity index (χ2v) is 5.77. The molecule has 0 amide bonds. The minimum Gasteiger partial charge on any atom is -0.379 e. The maximum absolute atomic E-state index is 5.46. The summed E-state index contributed by atoms with van der Waals surface area (Å²) in [5, 5.41) is 9.33. The van der Waals surface area contributed by atoms with E-state index in [0.29, 0.717) is 5.92 Å².